The second-order valence-electron chi connectivity index (χ2n) is 5.95. The predicted octanol–water partition coefficient (Wildman–Crippen LogP) is 3.44. The minimum absolute atomic E-state index is 0.0149. The van der Waals surface area contributed by atoms with Crippen molar-refractivity contribution in [2.75, 3.05) is 12.0 Å². The highest BCUT2D eigenvalue weighted by Crippen LogP contribution is 2.22. The Balaban J connectivity index is 1.68. The molecule has 0 aliphatic carbocycles. The van der Waals surface area contributed by atoms with Gasteiger partial charge in [-0.1, -0.05) is 30.3 Å². The Bertz CT molecular complexity index is 1000. The number of nitrogens with one attached hydrogen (secondary N) is 1. The zero-order chi connectivity index (χ0) is 20.0. The third kappa shape index (κ3) is 5.32. The van der Waals surface area contributed by atoms with Crippen molar-refractivity contribution in [1.29, 1.82) is 0 Å². The summed E-state index contributed by atoms with van der Waals surface area (Å²) in [6, 6.07) is 14.7. The fourth-order valence-electron chi connectivity index (χ4n) is 2.53. The molecule has 9 heteroatoms. The van der Waals surface area contributed by atoms with Gasteiger partial charge in [-0.3, -0.25) is 4.79 Å². The van der Waals surface area contributed by atoms with Crippen LogP contribution in [0.5, 0.6) is 0 Å². The van der Waals surface area contributed by atoms with E-state index in [1.165, 1.54) is 35.2 Å². The van der Waals surface area contributed by atoms with Crippen molar-refractivity contribution in [1.82, 2.24) is 9.71 Å². The van der Waals surface area contributed by atoms with E-state index in [0.29, 0.717) is 17.2 Å². The van der Waals surface area contributed by atoms with E-state index in [1.54, 1.807) is 18.2 Å². The zero-order valence-electron chi connectivity index (χ0n) is 15.2. The van der Waals surface area contributed by atoms with Crippen LogP contribution in [-0.4, -0.2) is 37.4 Å². The summed E-state index contributed by atoms with van der Waals surface area (Å²) in [4.78, 5) is 17.1. The molecule has 0 fully saturated rings. The molecule has 0 spiro atoms. The highest BCUT2D eigenvalue weighted by atomic mass is 32.2. The second kappa shape index (κ2) is 9.51. The predicted molar refractivity (Wildman–Crippen MR) is 113 cm³/mol. The summed E-state index contributed by atoms with van der Waals surface area (Å²) in [5.41, 5.74) is 0.849. The van der Waals surface area contributed by atoms with Gasteiger partial charge >= 0.3 is 5.97 Å². The molecule has 0 saturated heterocycles. The van der Waals surface area contributed by atoms with Crippen LogP contribution in [0.4, 0.5) is 0 Å². The van der Waals surface area contributed by atoms with Gasteiger partial charge in [-0.15, -0.1) is 11.3 Å². The molecule has 1 heterocycles. The Hall–Kier alpha value is -1.94. The summed E-state index contributed by atoms with van der Waals surface area (Å²) in [7, 11) is -3.81. The van der Waals surface area contributed by atoms with Crippen molar-refractivity contribution in [3.05, 3.63) is 59.6 Å². The van der Waals surface area contributed by atoms with Crippen LogP contribution in [0.2, 0.25) is 0 Å². The Labute approximate surface area is 172 Å². The van der Waals surface area contributed by atoms with E-state index < -0.39 is 22.0 Å². The molecule has 0 bridgehead atoms. The quantitative estimate of drug-likeness (QED) is 0.517. The monoisotopic (exact) mass is 436 g/mol. The molecular weight excluding hydrogens is 416 g/mol. The Morgan fingerprint density at radius 1 is 1.18 bits per heavy atom. The van der Waals surface area contributed by atoms with E-state index in [9.17, 15) is 13.2 Å². The molecule has 2 aromatic carbocycles. The number of hydrogen-bond donors (Lipinski definition) is 1. The van der Waals surface area contributed by atoms with Crippen molar-refractivity contribution < 1.29 is 17.9 Å². The molecule has 0 unspecified atom stereocenters. The van der Waals surface area contributed by atoms with Crippen LogP contribution in [0, 0.1) is 0 Å². The average molecular weight is 437 g/mol. The van der Waals surface area contributed by atoms with Crippen LogP contribution in [0.3, 0.4) is 0 Å². The molecule has 3 aromatic rings. The number of ether oxygens (including phenoxy) is 1. The fraction of sp³-hybridized carbons (Fsp3) is 0.263. The molecule has 28 heavy (non-hydrogen) atoms. The fourth-order valence-corrected chi connectivity index (χ4v) is 5.12. The molecule has 0 saturated carbocycles. The summed E-state index contributed by atoms with van der Waals surface area (Å²) in [5.74, 6) is 0.0194. The standard InChI is InChI=1S/C19H20N2O4S3/c1-26-12-11-16(21-28(23,24)14-7-3-2-4-8-14)19(22)25-13-18-20-15-9-5-6-10-17(15)27-18/h2-10,16,21H,11-13H2,1H3/t16-/m0/s1. The van der Waals surface area contributed by atoms with Crippen molar-refractivity contribution in [3.8, 4) is 0 Å². The number of thioether (sulfide) groups is 1. The second-order valence-corrected chi connectivity index (χ2v) is 9.77. The first-order chi connectivity index (χ1) is 13.5. The van der Waals surface area contributed by atoms with E-state index in [0.717, 1.165) is 10.2 Å². The number of thiazole rings is 1. The molecule has 0 amide bonds. The van der Waals surface area contributed by atoms with E-state index in [4.69, 9.17) is 4.74 Å². The topological polar surface area (TPSA) is 85.4 Å². The smallest absolute Gasteiger partial charge is 0.324 e. The van der Waals surface area contributed by atoms with Gasteiger partial charge in [0.2, 0.25) is 10.0 Å². The highest BCUT2D eigenvalue weighted by molar-refractivity contribution is 7.98. The maximum atomic E-state index is 12.6. The molecule has 0 radical (unpaired) electrons. The summed E-state index contributed by atoms with van der Waals surface area (Å²) in [5, 5.41) is 0.670. The van der Waals surface area contributed by atoms with Crippen molar-refractivity contribution >= 4 is 49.3 Å². The molecule has 3 rings (SSSR count). The van der Waals surface area contributed by atoms with Gasteiger partial charge in [0.25, 0.3) is 0 Å². The molecular formula is C19H20N2O4S3. The Morgan fingerprint density at radius 2 is 1.89 bits per heavy atom. The summed E-state index contributed by atoms with van der Waals surface area (Å²) in [6.45, 7) is 0.0149. The maximum absolute atomic E-state index is 12.6. The average Bonchev–Trinajstić information content (AvgIpc) is 3.13. The maximum Gasteiger partial charge on any atom is 0.324 e. The highest BCUT2D eigenvalue weighted by Gasteiger charge is 2.27. The SMILES string of the molecule is CSCC[C@H](NS(=O)(=O)c1ccccc1)C(=O)OCc1nc2ccccc2s1. The minimum Gasteiger partial charge on any atom is -0.457 e. The van der Waals surface area contributed by atoms with Gasteiger partial charge in [0.1, 0.15) is 17.7 Å². The summed E-state index contributed by atoms with van der Waals surface area (Å²) in [6.07, 6.45) is 2.24. The van der Waals surface area contributed by atoms with Gasteiger partial charge in [-0.05, 0) is 42.7 Å². The third-order valence-electron chi connectivity index (χ3n) is 3.92. The number of para-hydroxylation sites is 1. The van der Waals surface area contributed by atoms with Crippen molar-refractivity contribution in [2.24, 2.45) is 0 Å². The van der Waals surface area contributed by atoms with Crippen molar-refractivity contribution in [3.63, 3.8) is 0 Å². The Kier molecular flexibility index (Phi) is 7.06. The molecule has 1 N–H and O–H groups in total. The summed E-state index contributed by atoms with van der Waals surface area (Å²) < 4.78 is 34.0. The molecule has 6 nitrogen and oxygen atoms in total. The molecule has 148 valence electrons. The number of hydrogen-bond acceptors (Lipinski definition) is 7. The van der Waals surface area contributed by atoms with Gasteiger partial charge in [-0.2, -0.15) is 16.5 Å². The number of benzene rings is 2. The van der Waals surface area contributed by atoms with Crippen LogP contribution >= 0.6 is 23.1 Å². The number of fused-ring (bicyclic) bond motifs is 1. The van der Waals surface area contributed by atoms with Crippen LogP contribution in [0.25, 0.3) is 10.2 Å². The van der Waals surface area contributed by atoms with Crippen LogP contribution < -0.4 is 4.72 Å². The number of rotatable bonds is 9. The van der Waals surface area contributed by atoms with Crippen LogP contribution in [0.1, 0.15) is 11.4 Å². The van der Waals surface area contributed by atoms with Gasteiger partial charge < -0.3 is 4.74 Å². The van der Waals surface area contributed by atoms with Crippen molar-refractivity contribution in [2.45, 2.75) is 24.0 Å². The molecule has 1 aromatic heterocycles. The lowest BCUT2D eigenvalue weighted by molar-refractivity contribution is -0.147. The lowest BCUT2D eigenvalue weighted by atomic mass is 10.2. The third-order valence-corrected chi connectivity index (χ3v) is 7.06. The van der Waals surface area contributed by atoms with E-state index in [1.807, 2.05) is 30.5 Å². The van der Waals surface area contributed by atoms with Gasteiger partial charge in [-0.25, -0.2) is 13.4 Å². The number of sulfonamides is 1. The number of aromatic nitrogens is 1. The lowest BCUT2D eigenvalue weighted by Gasteiger charge is -2.17. The normalized spacial score (nSPS) is 12.8. The first kappa shape index (κ1) is 20.8. The van der Waals surface area contributed by atoms with Gasteiger partial charge in [0, 0.05) is 0 Å². The minimum atomic E-state index is -3.81. The lowest BCUT2D eigenvalue weighted by Crippen LogP contribution is -2.42. The van der Waals surface area contributed by atoms with Crippen LogP contribution in [0.15, 0.2) is 59.5 Å². The van der Waals surface area contributed by atoms with E-state index >= 15 is 0 Å². The first-order valence-corrected chi connectivity index (χ1v) is 12.3. The number of carbonyl (C=O) groups is 1. The number of esters is 1. The first-order valence-electron chi connectivity index (χ1n) is 8.57. The molecule has 0 aliphatic rings. The van der Waals surface area contributed by atoms with Gasteiger partial charge in [0.05, 0.1) is 15.1 Å². The largest absolute Gasteiger partial charge is 0.457 e. The zero-order valence-corrected chi connectivity index (χ0v) is 17.6. The van der Waals surface area contributed by atoms with Crippen LogP contribution in [-0.2, 0) is 26.2 Å². The molecule has 0 aliphatic heterocycles. The van der Waals surface area contributed by atoms with E-state index in [2.05, 4.69) is 9.71 Å². The number of nitrogens with zero attached hydrogens (tertiary/aromatic N) is 1. The van der Waals surface area contributed by atoms with E-state index in [-0.39, 0.29) is 11.5 Å². The Morgan fingerprint density at radius 3 is 2.61 bits per heavy atom. The van der Waals surface area contributed by atoms with Gasteiger partial charge in [0.15, 0.2) is 0 Å². The summed E-state index contributed by atoms with van der Waals surface area (Å²) >= 11 is 2.98. The number of carbonyl (C=O) groups excluding carboxylic acids is 1. The molecule has 1 atom stereocenters.